The summed E-state index contributed by atoms with van der Waals surface area (Å²) in [6, 6.07) is 7.24. The molecule has 5 nitrogen and oxygen atoms in total. The van der Waals surface area contributed by atoms with E-state index in [-0.39, 0.29) is 1.43 Å². The molecule has 0 radical (unpaired) electrons. The lowest BCUT2D eigenvalue weighted by Crippen LogP contribution is -2.33. The highest BCUT2D eigenvalue weighted by Crippen LogP contribution is 2.28. The zero-order valence-electron chi connectivity index (χ0n) is 19.8. The number of rotatable bonds is 9. The lowest BCUT2D eigenvalue weighted by Gasteiger charge is -2.32. The summed E-state index contributed by atoms with van der Waals surface area (Å²) in [6.45, 7) is 7.42. The maximum absolute atomic E-state index is 5.94. The third kappa shape index (κ3) is 6.31. The summed E-state index contributed by atoms with van der Waals surface area (Å²) in [5.74, 6) is 1.52. The maximum atomic E-state index is 5.94. The van der Waals surface area contributed by atoms with Crippen LogP contribution in [0.5, 0.6) is 0 Å². The van der Waals surface area contributed by atoms with Crippen molar-refractivity contribution < 1.29 is 6.16 Å². The van der Waals surface area contributed by atoms with Crippen molar-refractivity contribution in [3.05, 3.63) is 54.4 Å². The topological polar surface area (TPSA) is 40.6 Å². The van der Waals surface area contributed by atoms with Crippen molar-refractivity contribution in [1.29, 1.82) is 0 Å². The Kier molecular flexibility index (Phi) is 8.10. The molecule has 1 saturated carbocycles. The molecule has 5 heteroatoms. The van der Waals surface area contributed by atoms with E-state index in [1.807, 2.05) is 31.3 Å². The molecule has 1 heterocycles. The lowest BCUT2D eigenvalue weighted by molar-refractivity contribution is 0.0823. The van der Waals surface area contributed by atoms with Crippen LogP contribution in [0.25, 0.3) is 16.3 Å². The number of nitrogens with one attached hydrogen (secondary N) is 1. The molecular weight excluding hydrogens is 384 g/mol. The first-order valence-corrected chi connectivity index (χ1v) is 11.3. The number of aryl methyl sites for hydroxylation is 1. The smallest absolute Gasteiger partial charge is 0.128 e. The number of ether oxygens (including phenoxy) is 1. The molecule has 0 saturated heterocycles. The van der Waals surface area contributed by atoms with E-state index in [4.69, 9.17) is 4.74 Å². The first kappa shape index (κ1) is 23.3. The Balaban J connectivity index is 0.00000363. The second-order valence-corrected chi connectivity index (χ2v) is 9.17. The van der Waals surface area contributed by atoms with Gasteiger partial charge in [0.2, 0.25) is 0 Å². The van der Waals surface area contributed by atoms with Gasteiger partial charge in [0, 0.05) is 39.3 Å². The number of hydrogen-bond donors (Lipinski definition) is 1. The molecule has 0 aliphatic heterocycles. The third-order valence-electron chi connectivity index (χ3n) is 6.25. The summed E-state index contributed by atoms with van der Waals surface area (Å²) in [5.41, 5.74) is 3.48. The lowest BCUT2D eigenvalue weighted by atomic mass is 9.86. The maximum Gasteiger partial charge on any atom is 0.128 e. The molecule has 1 aliphatic carbocycles. The molecule has 0 atom stereocenters. The van der Waals surface area contributed by atoms with Gasteiger partial charge in [-0.25, -0.2) is 4.98 Å². The molecule has 0 spiro atoms. The number of fused-ring (bicyclic) bond motifs is 1. The van der Waals surface area contributed by atoms with Crippen molar-refractivity contribution in [2.45, 2.75) is 38.6 Å². The van der Waals surface area contributed by atoms with Gasteiger partial charge in [0.1, 0.15) is 12.5 Å². The number of nitrogens with zero attached hydrogens (tertiary/aromatic N) is 3. The van der Waals surface area contributed by atoms with Crippen LogP contribution in [0.1, 0.15) is 38.2 Å². The van der Waals surface area contributed by atoms with Crippen LogP contribution in [-0.2, 0) is 4.74 Å². The van der Waals surface area contributed by atoms with Crippen LogP contribution >= 0.6 is 0 Å². The van der Waals surface area contributed by atoms with E-state index in [1.165, 1.54) is 42.0 Å². The van der Waals surface area contributed by atoms with Gasteiger partial charge in [-0.3, -0.25) is 0 Å². The number of anilines is 1. The van der Waals surface area contributed by atoms with Gasteiger partial charge in [-0.1, -0.05) is 18.7 Å². The minimum Gasteiger partial charge on any atom is -0.383 e. The zero-order valence-corrected chi connectivity index (χ0v) is 19.8. The molecule has 0 bridgehead atoms. The van der Waals surface area contributed by atoms with Crippen LogP contribution in [0.15, 0.2) is 43.3 Å². The SMILES string of the molecule is C=C/C(=C\N(C)C)c1cc(C)c2cnc(NCOCC3CCC(N(C)C)CC3)cc2c1.[HH]. The van der Waals surface area contributed by atoms with Crippen molar-refractivity contribution in [1.82, 2.24) is 14.8 Å². The van der Waals surface area contributed by atoms with Gasteiger partial charge in [0.25, 0.3) is 0 Å². The van der Waals surface area contributed by atoms with Crippen molar-refractivity contribution in [2.24, 2.45) is 5.92 Å². The van der Waals surface area contributed by atoms with Crippen molar-refractivity contribution in [3.8, 4) is 0 Å². The zero-order chi connectivity index (χ0) is 22.4. The number of benzene rings is 1. The molecule has 1 aromatic heterocycles. The van der Waals surface area contributed by atoms with Crippen LogP contribution in [0.4, 0.5) is 5.82 Å². The van der Waals surface area contributed by atoms with Crippen LogP contribution in [0.2, 0.25) is 0 Å². The van der Waals surface area contributed by atoms with E-state index < -0.39 is 0 Å². The van der Waals surface area contributed by atoms with Crippen LogP contribution in [0, 0.1) is 12.8 Å². The standard InChI is InChI=1S/C26H38N4O.H2/c1-7-21(16-29(3)4)22-12-19(2)25-15-27-26(14-23(25)13-22)28-18-31-17-20-8-10-24(11-9-20)30(5)6;/h7,12-16,20,24H,1,8-11,17-18H2,2-6H3,(H,27,28);1H/b21-16+;. The molecule has 1 fully saturated rings. The quantitative estimate of drug-likeness (QED) is 0.332. The summed E-state index contributed by atoms with van der Waals surface area (Å²) < 4.78 is 5.94. The van der Waals surface area contributed by atoms with Gasteiger partial charge >= 0.3 is 0 Å². The average Bonchev–Trinajstić information content (AvgIpc) is 2.75. The molecule has 3 rings (SSSR count). The van der Waals surface area contributed by atoms with Crippen molar-refractivity contribution >= 4 is 22.2 Å². The number of aromatic nitrogens is 1. The molecular formula is C26H40N4O. The van der Waals surface area contributed by atoms with Crippen molar-refractivity contribution in [3.63, 3.8) is 0 Å². The average molecular weight is 425 g/mol. The Morgan fingerprint density at radius 1 is 1.19 bits per heavy atom. The number of allylic oxidation sites excluding steroid dienone is 2. The predicted molar refractivity (Wildman–Crippen MR) is 134 cm³/mol. The largest absolute Gasteiger partial charge is 0.383 e. The Hall–Kier alpha value is -2.37. The highest BCUT2D eigenvalue weighted by atomic mass is 16.5. The van der Waals surface area contributed by atoms with E-state index >= 15 is 0 Å². The Labute approximate surface area is 189 Å². The van der Waals surface area contributed by atoms with E-state index in [0.717, 1.165) is 29.6 Å². The highest BCUT2D eigenvalue weighted by molar-refractivity contribution is 5.91. The van der Waals surface area contributed by atoms with Gasteiger partial charge in [0.15, 0.2) is 0 Å². The second kappa shape index (κ2) is 10.8. The van der Waals surface area contributed by atoms with Gasteiger partial charge in [0.05, 0.1) is 6.61 Å². The summed E-state index contributed by atoms with van der Waals surface area (Å²) in [4.78, 5) is 8.98. The highest BCUT2D eigenvalue weighted by Gasteiger charge is 2.22. The molecule has 0 amide bonds. The van der Waals surface area contributed by atoms with Gasteiger partial charge in [-0.2, -0.15) is 0 Å². The molecule has 1 aliphatic rings. The second-order valence-electron chi connectivity index (χ2n) is 9.17. The van der Waals surface area contributed by atoms with E-state index in [0.29, 0.717) is 12.6 Å². The summed E-state index contributed by atoms with van der Waals surface area (Å²) in [7, 11) is 8.42. The Morgan fingerprint density at radius 3 is 2.58 bits per heavy atom. The van der Waals surface area contributed by atoms with Crippen molar-refractivity contribution in [2.75, 3.05) is 46.8 Å². The summed E-state index contributed by atoms with van der Waals surface area (Å²) in [6.07, 6.45) is 11.0. The van der Waals surface area contributed by atoms with Gasteiger partial charge < -0.3 is 19.9 Å². The normalized spacial score (nSPS) is 19.6. The summed E-state index contributed by atoms with van der Waals surface area (Å²) >= 11 is 0. The predicted octanol–water partition coefficient (Wildman–Crippen LogP) is 5.38. The van der Waals surface area contributed by atoms with Gasteiger partial charge in [-0.05, 0) is 86.8 Å². The fourth-order valence-electron chi connectivity index (χ4n) is 4.41. The molecule has 170 valence electrons. The number of pyridine rings is 1. The number of hydrogen-bond acceptors (Lipinski definition) is 5. The van der Waals surface area contributed by atoms with Gasteiger partial charge in [-0.15, -0.1) is 0 Å². The first-order valence-electron chi connectivity index (χ1n) is 11.3. The molecule has 1 aromatic carbocycles. The molecule has 2 aromatic rings. The minimum atomic E-state index is 0. The van der Waals surface area contributed by atoms with E-state index in [2.05, 4.69) is 67.2 Å². The third-order valence-corrected chi connectivity index (χ3v) is 6.25. The molecule has 0 unspecified atom stereocenters. The summed E-state index contributed by atoms with van der Waals surface area (Å²) in [5, 5.41) is 5.67. The Bertz CT molecular complexity index is 917. The minimum absolute atomic E-state index is 0. The fraction of sp³-hybridized carbons (Fsp3) is 0.500. The monoisotopic (exact) mass is 424 g/mol. The van der Waals surface area contributed by atoms with Crippen LogP contribution < -0.4 is 5.32 Å². The van der Waals surface area contributed by atoms with E-state index in [1.54, 1.807) is 0 Å². The van der Waals surface area contributed by atoms with Crippen LogP contribution in [0.3, 0.4) is 0 Å². The Morgan fingerprint density at radius 2 is 1.94 bits per heavy atom. The van der Waals surface area contributed by atoms with Crippen LogP contribution in [-0.4, -0.2) is 62.4 Å². The first-order chi connectivity index (χ1) is 14.9. The fourth-order valence-corrected chi connectivity index (χ4v) is 4.41. The molecule has 31 heavy (non-hydrogen) atoms. The van der Waals surface area contributed by atoms with E-state index in [9.17, 15) is 0 Å². The molecule has 1 N–H and O–H groups in total.